The Hall–Kier alpha value is -1.16. The van der Waals surface area contributed by atoms with Crippen LogP contribution in [-0.2, 0) is 0 Å². The Bertz CT molecular complexity index is 393. The monoisotopic (exact) mass is 252 g/mol. The zero-order valence-corrected chi connectivity index (χ0v) is 11.7. The minimum atomic E-state index is 0.0965. The number of nitrogens with zero attached hydrogens (tertiary/aromatic N) is 1. The summed E-state index contributed by atoms with van der Waals surface area (Å²) in [5.41, 5.74) is 2.83. The van der Waals surface area contributed by atoms with Gasteiger partial charge in [0.1, 0.15) is 0 Å². The molecule has 0 aromatic heterocycles. The van der Waals surface area contributed by atoms with E-state index in [-0.39, 0.29) is 5.91 Å². The van der Waals surface area contributed by atoms with E-state index in [1.165, 1.54) is 0 Å². The smallest absolute Gasteiger partial charge is 0.253 e. The van der Waals surface area contributed by atoms with Crippen LogP contribution in [0.1, 0.15) is 15.9 Å². The number of carbonyl (C=O) groups excluding carboxylic acids is 1. The molecule has 0 saturated heterocycles. The molecule has 0 aliphatic heterocycles. The molecule has 1 rings (SSSR count). The van der Waals surface area contributed by atoms with Crippen LogP contribution in [0.2, 0.25) is 0 Å². The summed E-state index contributed by atoms with van der Waals surface area (Å²) >= 11 is 1.75. The number of nitrogens with one attached hydrogen (secondary N) is 1. The molecule has 17 heavy (non-hydrogen) atoms. The highest BCUT2D eigenvalue weighted by atomic mass is 32.2. The summed E-state index contributed by atoms with van der Waals surface area (Å²) in [6.07, 6.45) is 2.05. The van der Waals surface area contributed by atoms with Gasteiger partial charge < -0.3 is 10.2 Å². The first kappa shape index (κ1) is 13.9. The minimum Gasteiger partial charge on any atom is -0.388 e. The van der Waals surface area contributed by atoms with Crippen LogP contribution in [0.4, 0.5) is 5.69 Å². The number of carbonyl (C=O) groups is 1. The van der Waals surface area contributed by atoms with E-state index >= 15 is 0 Å². The number of benzene rings is 1. The maximum absolute atomic E-state index is 12.2. The predicted molar refractivity (Wildman–Crippen MR) is 76.1 cm³/mol. The number of aryl methyl sites for hydroxylation is 1. The normalized spacial score (nSPS) is 10.1. The Morgan fingerprint density at radius 2 is 2.18 bits per heavy atom. The predicted octanol–water partition coefficient (Wildman–Crippen LogP) is 2.47. The Morgan fingerprint density at radius 3 is 2.71 bits per heavy atom. The summed E-state index contributed by atoms with van der Waals surface area (Å²) in [6, 6.07) is 5.82. The zero-order chi connectivity index (χ0) is 12.8. The highest BCUT2D eigenvalue weighted by Gasteiger charge is 2.13. The number of hydrogen-bond acceptors (Lipinski definition) is 3. The maximum atomic E-state index is 12.2. The van der Waals surface area contributed by atoms with Gasteiger partial charge in [-0.05, 0) is 36.9 Å². The molecule has 0 saturated carbocycles. The Morgan fingerprint density at radius 1 is 1.47 bits per heavy atom. The van der Waals surface area contributed by atoms with E-state index in [0.717, 1.165) is 29.1 Å². The second-order valence-corrected chi connectivity index (χ2v) is 4.98. The lowest BCUT2D eigenvalue weighted by molar-refractivity contribution is 0.0803. The van der Waals surface area contributed by atoms with E-state index < -0.39 is 0 Å². The molecule has 0 atom stereocenters. The van der Waals surface area contributed by atoms with E-state index in [4.69, 9.17) is 0 Å². The summed E-state index contributed by atoms with van der Waals surface area (Å²) in [6.45, 7) is 2.75. The van der Waals surface area contributed by atoms with Crippen molar-refractivity contribution < 1.29 is 4.79 Å². The quantitative estimate of drug-likeness (QED) is 0.873. The van der Waals surface area contributed by atoms with E-state index in [1.807, 2.05) is 45.5 Å². The Labute approximate surface area is 108 Å². The van der Waals surface area contributed by atoms with Crippen molar-refractivity contribution in [2.45, 2.75) is 6.92 Å². The SMILES string of the molecule is CNc1ccc(C(=O)N(C)CCSC)c(C)c1. The van der Waals surface area contributed by atoms with Crippen molar-refractivity contribution in [3.63, 3.8) is 0 Å². The minimum absolute atomic E-state index is 0.0965. The van der Waals surface area contributed by atoms with Gasteiger partial charge in [-0.3, -0.25) is 4.79 Å². The second-order valence-electron chi connectivity index (χ2n) is 4.00. The molecule has 0 aliphatic carbocycles. The fourth-order valence-corrected chi connectivity index (χ4v) is 2.05. The molecular formula is C13H20N2OS. The van der Waals surface area contributed by atoms with Crippen molar-refractivity contribution in [2.75, 3.05) is 38.0 Å². The van der Waals surface area contributed by atoms with Crippen LogP contribution in [0, 0.1) is 6.92 Å². The van der Waals surface area contributed by atoms with E-state index in [2.05, 4.69) is 5.32 Å². The van der Waals surface area contributed by atoms with Crippen LogP contribution in [0.25, 0.3) is 0 Å². The maximum Gasteiger partial charge on any atom is 0.253 e. The van der Waals surface area contributed by atoms with Gasteiger partial charge in [0.05, 0.1) is 0 Å². The summed E-state index contributed by atoms with van der Waals surface area (Å²) in [4.78, 5) is 13.9. The number of amides is 1. The van der Waals surface area contributed by atoms with Crippen molar-refractivity contribution in [1.29, 1.82) is 0 Å². The summed E-state index contributed by atoms with van der Waals surface area (Å²) in [5, 5.41) is 3.07. The highest BCUT2D eigenvalue weighted by molar-refractivity contribution is 7.98. The van der Waals surface area contributed by atoms with E-state index in [9.17, 15) is 4.79 Å². The molecule has 1 aromatic rings. The van der Waals surface area contributed by atoms with Crippen LogP contribution < -0.4 is 5.32 Å². The molecule has 3 nitrogen and oxygen atoms in total. The third-order valence-electron chi connectivity index (χ3n) is 2.72. The van der Waals surface area contributed by atoms with Gasteiger partial charge in [0.15, 0.2) is 0 Å². The van der Waals surface area contributed by atoms with Crippen molar-refractivity contribution in [3.05, 3.63) is 29.3 Å². The lowest BCUT2D eigenvalue weighted by Gasteiger charge is -2.18. The van der Waals surface area contributed by atoms with Crippen LogP contribution in [0.3, 0.4) is 0 Å². The lowest BCUT2D eigenvalue weighted by atomic mass is 10.1. The summed E-state index contributed by atoms with van der Waals surface area (Å²) in [7, 11) is 3.73. The number of anilines is 1. The molecule has 94 valence electrons. The summed E-state index contributed by atoms with van der Waals surface area (Å²) in [5.74, 6) is 1.06. The third-order valence-corrected chi connectivity index (χ3v) is 3.31. The van der Waals surface area contributed by atoms with E-state index in [1.54, 1.807) is 16.7 Å². The molecule has 0 radical (unpaired) electrons. The average molecular weight is 252 g/mol. The molecule has 0 fully saturated rings. The number of rotatable bonds is 5. The van der Waals surface area contributed by atoms with Crippen LogP contribution >= 0.6 is 11.8 Å². The molecule has 0 unspecified atom stereocenters. The van der Waals surface area contributed by atoms with Crippen LogP contribution in [0.15, 0.2) is 18.2 Å². The molecule has 0 aliphatic rings. The van der Waals surface area contributed by atoms with Crippen molar-refractivity contribution in [2.24, 2.45) is 0 Å². The van der Waals surface area contributed by atoms with Gasteiger partial charge in [-0.2, -0.15) is 11.8 Å². The number of thioether (sulfide) groups is 1. The molecule has 0 bridgehead atoms. The van der Waals surface area contributed by atoms with Crippen molar-refractivity contribution in [3.8, 4) is 0 Å². The van der Waals surface area contributed by atoms with Gasteiger partial charge in [0.2, 0.25) is 0 Å². The fraction of sp³-hybridized carbons (Fsp3) is 0.462. The van der Waals surface area contributed by atoms with Gasteiger partial charge >= 0.3 is 0 Å². The van der Waals surface area contributed by atoms with Gasteiger partial charge in [0, 0.05) is 37.6 Å². The molecule has 0 spiro atoms. The second kappa shape index (κ2) is 6.55. The molecule has 4 heteroatoms. The molecule has 1 amide bonds. The largest absolute Gasteiger partial charge is 0.388 e. The van der Waals surface area contributed by atoms with Gasteiger partial charge in [-0.15, -0.1) is 0 Å². The summed E-state index contributed by atoms with van der Waals surface area (Å²) < 4.78 is 0. The molecule has 1 N–H and O–H groups in total. The van der Waals surface area contributed by atoms with Crippen LogP contribution in [0.5, 0.6) is 0 Å². The van der Waals surface area contributed by atoms with Gasteiger partial charge in [-0.25, -0.2) is 0 Å². The topological polar surface area (TPSA) is 32.3 Å². The fourth-order valence-electron chi connectivity index (χ4n) is 1.59. The Balaban J connectivity index is 2.81. The standard InChI is InChI=1S/C13H20N2OS/c1-10-9-11(14-2)5-6-12(10)13(16)15(3)7-8-17-4/h5-6,9,14H,7-8H2,1-4H3. The third kappa shape index (κ3) is 3.66. The van der Waals surface area contributed by atoms with Crippen molar-refractivity contribution in [1.82, 2.24) is 4.90 Å². The van der Waals surface area contributed by atoms with Crippen molar-refractivity contribution >= 4 is 23.4 Å². The van der Waals surface area contributed by atoms with Gasteiger partial charge in [0.25, 0.3) is 5.91 Å². The molecular weight excluding hydrogens is 232 g/mol. The van der Waals surface area contributed by atoms with Crippen LogP contribution in [-0.4, -0.2) is 43.5 Å². The van der Waals surface area contributed by atoms with E-state index in [0.29, 0.717) is 0 Å². The number of hydrogen-bond donors (Lipinski definition) is 1. The highest BCUT2D eigenvalue weighted by Crippen LogP contribution is 2.16. The first-order valence-electron chi connectivity index (χ1n) is 5.63. The first-order valence-corrected chi connectivity index (χ1v) is 7.02. The molecule has 1 aromatic carbocycles. The van der Waals surface area contributed by atoms with Gasteiger partial charge in [-0.1, -0.05) is 0 Å². The lowest BCUT2D eigenvalue weighted by Crippen LogP contribution is -2.29. The zero-order valence-electron chi connectivity index (χ0n) is 10.9. The Kier molecular flexibility index (Phi) is 5.35. The average Bonchev–Trinajstić information content (AvgIpc) is 2.34. The molecule has 0 heterocycles. The first-order chi connectivity index (χ1) is 8.10.